The van der Waals surface area contributed by atoms with E-state index in [1.165, 1.54) is 0 Å². The van der Waals surface area contributed by atoms with Gasteiger partial charge in [-0.1, -0.05) is 29.0 Å². The number of aliphatic hydroxyl groups excluding tert-OH is 1. The van der Waals surface area contributed by atoms with Crippen molar-refractivity contribution in [2.24, 2.45) is 0 Å². The second-order valence-corrected chi connectivity index (χ2v) is 7.28. The second-order valence-electron chi connectivity index (χ2n) is 5.52. The fourth-order valence-corrected chi connectivity index (χ4v) is 2.78. The Balaban J connectivity index is 5.80. The highest BCUT2D eigenvalue weighted by molar-refractivity contribution is 14.1. The maximum absolute atomic E-state index is 13.5. The predicted molar refractivity (Wildman–Crippen MR) is 74.2 cm³/mol. The van der Waals surface area contributed by atoms with Gasteiger partial charge < -0.3 is 5.11 Å². The lowest BCUT2D eigenvalue weighted by atomic mass is 9.91. The van der Waals surface area contributed by atoms with Gasteiger partial charge in [0, 0.05) is 17.0 Å². The summed E-state index contributed by atoms with van der Waals surface area (Å²) in [5.41, 5.74) is 0. The van der Waals surface area contributed by atoms with Crippen LogP contribution in [0.1, 0.15) is 25.7 Å². The van der Waals surface area contributed by atoms with Crippen molar-refractivity contribution in [3.8, 4) is 0 Å². The molecule has 0 aliphatic rings. The molecular weight excluding hydrogens is 534 g/mol. The van der Waals surface area contributed by atoms with Gasteiger partial charge >= 0.3 is 35.8 Å². The molecule has 164 valence electrons. The van der Waals surface area contributed by atoms with Crippen LogP contribution in [0.4, 0.5) is 57.1 Å². The third-order valence-corrected chi connectivity index (χ3v) is 4.46. The third kappa shape index (κ3) is 4.86. The zero-order chi connectivity index (χ0) is 22.1. The van der Waals surface area contributed by atoms with Gasteiger partial charge in [0.25, 0.3) is 0 Å². The van der Waals surface area contributed by atoms with E-state index in [0.717, 1.165) is 22.6 Å². The number of halogens is 14. The Labute approximate surface area is 157 Å². The smallest absolute Gasteiger partial charge is 0.396 e. The van der Waals surface area contributed by atoms with Crippen LogP contribution in [0.15, 0.2) is 0 Å². The van der Waals surface area contributed by atoms with Crippen LogP contribution in [-0.2, 0) is 0 Å². The molecule has 0 aliphatic carbocycles. The van der Waals surface area contributed by atoms with Crippen LogP contribution >= 0.6 is 22.6 Å². The normalized spacial score (nSPS) is 16.6. The van der Waals surface area contributed by atoms with E-state index in [-0.39, 0.29) is 19.3 Å². The van der Waals surface area contributed by atoms with E-state index in [1.807, 2.05) is 0 Å². The molecule has 0 aromatic carbocycles. The van der Waals surface area contributed by atoms with Crippen LogP contribution in [0, 0.1) is 0 Å². The Hall–Kier alpha value is -0.220. The molecule has 0 fully saturated rings. The number of aliphatic hydroxyl groups is 1. The first-order chi connectivity index (χ1) is 11.7. The summed E-state index contributed by atoms with van der Waals surface area (Å²) in [4.78, 5) is 0. The Morgan fingerprint density at radius 2 is 1.04 bits per heavy atom. The quantitative estimate of drug-likeness (QED) is 0.153. The summed E-state index contributed by atoms with van der Waals surface area (Å²) < 4.78 is 166. The number of unbranched alkanes of at least 4 members (excludes halogenated alkanes) is 1. The van der Waals surface area contributed by atoms with Gasteiger partial charge in [-0.15, -0.1) is 0 Å². The van der Waals surface area contributed by atoms with Crippen molar-refractivity contribution < 1.29 is 62.2 Å². The van der Waals surface area contributed by atoms with Gasteiger partial charge in [-0.25, -0.2) is 0 Å². The predicted octanol–water partition coefficient (Wildman–Crippen LogP) is 6.08. The second kappa shape index (κ2) is 8.26. The molecule has 1 unspecified atom stereocenters. The van der Waals surface area contributed by atoms with Crippen molar-refractivity contribution in [2.45, 2.75) is 65.4 Å². The molecule has 0 radical (unpaired) electrons. The molecule has 27 heavy (non-hydrogen) atoms. The topological polar surface area (TPSA) is 20.2 Å². The van der Waals surface area contributed by atoms with Crippen LogP contribution in [0.5, 0.6) is 0 Å². The van der Waals surface area contributed by atoms with Crippen molar-refractivity contribution in [2.75, 3.05) is 6.61 Å². The van der Waals surface area contributed by atoms with E-state index in [9.17, 15) is 57.1 Å². The molecule has 1 nitrogen and oxygen atoms in total. The standard InChI is InChI=1S/C12H12F13IO/c13-7(14,5-6(26)3-1-2-4-27)8(15,16)9(17,18)10(19,20)11(21,22)12(23,24)25/h6,27H,1-5H2. The molecule has 15 heteroatoms. The number of alkyl halides is 14. The van der Waals surface area contributed by atoms with E-state index in [1.54, 1.807) is 0 Å². The average Bonchev–Trinajstić information content (AvgIpc) is 2.44. The molecule has 1 N–H and O–H groups in total. The first-order valence-corrected chi connectivity index (χ1v) is 8.16. The van der Waals surface area contributed by atoms with Crippen molar-refractivity contribution >= 4 is 22.6 Å². The fraction of sp³-hybridized carbons (Fsp3) is 1.00. The van der Waals surface area contributed by atoms with Crippen molar-refractivity contribution in [3.05, 3.63) is 0 Å². The van der Waals surface area contributed by atoms with Crippen LogP contribution < -0.4 is 0 Å². The van der Waals surface area contributed by atoms with Gasteiger partial charge in [0.1, 0.15) is 0 Å². The minimum Gasteiger partial charge on any atom is -0.396 e. The summed E-state index contributed by atoms with van der Waals surface area (Å²) in [6.07, 6.45) is -10.0. The fourth-order valence-electron chi connectivity index (χ4n) is 1.79. The SMILES string of the molecule is OCCCCC(I)CC(F)(F)C(F)(F)C(F)(F)C(F)(F)C(F)(F)C(F)(F)F. The van der Waals surface area contributed by atoms with Crippen LogP contribution in [0.2, 0.25) is 0 Å². The Bertz CT molecular complexity index is 488. The highest BCUT2D eigenvalue weighted by atomic mass is 127. The molecule has 0 aromatic heterocycles. The van der Waals surface area contributed by atoms with Gasteiger partial charge in [0.05, 0.1) is 0 Å². The van der Waals surface area contributed by atoms with Gasteiger partial charge in [0.15, 0.2) is 0 Å². The molecule has 1 atom stereocenters. The maximum Gasteiger partial charge on any atom is 0.460 e. The molecule has 0 spiro atoms. The summed E-state index contributed by atoms with van der Waals surface area (Å²) in [5.74, 6) is -36.5. The number of rotatable bonds is 10. The summed E-state index contributed by atoms with van der Waals surface area (Å²) in [6, 6.07) is 0. The van der Waals surface area contributed by atoms with Crippen LogP contribution in [0.25, 0.3) is 0 Å². The van der Waals surface area contributed by atoms with Gasteiger partial charge in [-0.3, -0.25) is 0 Å². The van der Waals surface area contributed by atoms with E-state index in [2.05, 4.69) is 0 Å². The largest absolute Gasteiger partial charge is 0.460 e. The molecule has 0 aliphatic heterocycles. The zero-order valence-electron chi connectivity index (χ0n) is 12.9. The molecule has 0 amide bonds. The zero-order valence-corrected chi connectivity index (χ0v) is 15.0. The van der Waals surface area contributed by atoms with Gasteiger partial charge in [-0.2, -0.15) is 57.1 Å². The highest BCUT2D eigenvalue weighted by Crippen LogP contribution is 2.60. The van der Waals surface area contributed by atoms with Crippen LogP contribution in [-0.4, -0.2) is 51.4 Å². The summed E-state index contributed by atoms with van der Waals surface area (Å²) in [5, 5.41) is 8.46. The Kier molecular flexibility index (Phi) is 8.19. The Morgan fingerprint density at radius 3 is 1.41 bits per heavy atom. The molecular formula is C12H12F13IO. The first kappa shape index (κ1) is 26.8. The molecule has 0 rings (SSSR count). The maximum atomic E-state index is 13.5. The monoisotopic (exact) mass is 546 g/mol. The minimum absolute atomic E-state index is 0.00744. The highest BCUT2D eigenvalue weighted by Gasteiger charge is 2.90. The Morgan fingerprint density at radius 1 is 0.630 bits per heavy atom. The molecule has 0 bridgehead atoms. The lowest BCUT2D eigenvalue weighted by Crippen LogP contribution is -2.70. The minimum atomic E-state index is -7.86. The molecule has 0 heterocycles. The lowest BCUT2D eigenvalue weighted by molar-refractivity contribution is -0.440. The van der Waals surface area contributed by atoms with Crippen molar-refractivity contribution in [3.63, 3.8) is 0 Å². The number of hydrogen-bond donors (Lipinski definition) is 1. The summed E-state index contributed by atoms with van der Waals surface area (Å²) in [6.45, 7) is -0.424. The van der Waals surface area contributed by atoms with Crippen molar-refractivity contribution in [1.82, 2.24) is 0 Å². The van der Waals surface area contributed by atoms with E-state index in [4.69, 9.17) is 5.11 Å². The molecule has 0 aromatic rings. The van der Waals surface area contributed by atoms with E-state index in [0.29, 0.717) is 0 Å². The molecule has 0 saturated heterocycles. The summed E-state index contributed by atoms with van der Waals surface area (Å²) in [7, 11) is 0. The summed E-state index contributed by atoms with van der Waals surface area (Å²) >= 11 is 1.07. The average molecular weight is 546 g/mol. The lowest BCUT2D eigenvalue weighted by Gasteiger charge is -2.40. The van der Waals surface area contributed by atoms with E-state index >= 15 is 0 Å². The number of hydrogen-bond acceptors (Lipinski definition) is 1. The van der Waals surface area contributed by atoms with Crippen molar-refractivity contribution in [1.29, 1.82) is 0 Å². The van der Waals surface area contributed by atoms with Gasteiger partial charge in [0.2, 0.25) is 0 Å². The van der Waals surface area contributed by atoms with E-state index < -0.39 is 52.7 Å². The third-order valence-electron chi connectivity index (χ3n) is 3.40. The first-order valence-electron chi connectivity index (χ1n) is 6.91. The van der Waals surface area contributed by atoms with Crippen LogP contribution in [0.3, 0.4) is 0 Å². The van der Waals surface area contributed by atoms with Gasteiger partial charge in [-0.05, 0) is 12.8 Å². The molecule has 0 saturated carbocycles.